The van der Waals surface area contributed by atoms with Gasteiger partial charge < -0.3 is 16.4 Å². The molecule has 0 aromatic rings. The van der Waals surface area contributed by atoms with Gasteiger partial charge in [0.15, 0.2) is 0 Å². The molecule has 15 heavy (non-hydrogen) atoms. The third kappa shape index (κ3) is 2.68. The van der Waals surface area contributed by atoms with Gasteiger partial charge in [0.2, 0.25) is 11.8 Å². The molecule has 2 unspecified atom stereocenters. The van der Waals surface area contributed by atoms with Crippen molar-refractivity contribution in [3.63, 3.8) is 0 Å². The molecule has 2 amide bonds. The molecule has 4 N–H and O–H groups in total. The van der Waals surface area contributed by atoms with E-state index in [1.165, 1.54) is 0 Å². The van der Waals surface area contributed by atoms with Gasteiger partial charge in [-0.05, 0) is 12.8 Å². The van der Waals surface area contributed by atoms with E-state index in [-0.39, 0.29) is 23.7 Å². The fourth-order valence-corrected chi connectivity index (χ4v) is 1.89. The lowest BCUT2D eigenvalue weighted by Gasteiger charge is -2.21. The van der Waals surface area contributed by atoms with Gasteiger partial charge in [-0.1, -0.05) is 6.92 Å². The number of carbonyl (C=O) groups excluding carboxylic acids is 2. The van der Waals surface area contributed by atoms with Gasteiger partial charge in [-0.15, -0.1) is 0 Å². The molecule has 1 aliphatic rings. The number of amides is 2. The SMILES string of the molecule is CCC(CN)C(=O)N1CCC(C(N)=O)C1. The minimum absolute atomic E-state index is 0.0590. The Bertz CT molecular complexity index is 251. The third-order valence-corrected chi connectivity index (χ3v) is 3.03. The van der Waals surface area contributed by atoms with E-state index < -0.39 is 0 Å². The maximum Gasteiger partial charge on any atom is 0.226 e. The highest BCUT2D eigenvalue weighted by atomic mass is 16.2. The first-order valence-electron chi connectivity index (χ1n) is 5.38. The minimum Gasteiger partial charge on any atom is -0.369 e. The third-order valence-electron chi connectivity index (χ3n) is 3.03. The fraction of sp³-hybridized carbons (Fsp3) is 0.800. The van der Waals surface area contributed by atoms with Gasteiger partial charge in [-0.2, -0.15) is 0 Å². The van der Waals surface area contributed by atoms with Crippen LogP contribution in [0, 0.1) is 11.8 Å². The van der Waals surface area contributed by atoms with Gasteiger partial charge in [-0.3, -0.25) is 9.59 Å². The Kier molecular flexibility index (Phi) is 4.08. The number of nitrogens with zero attached hydrogens (tertiary/aromatic N) is 1. The molecule has 1 saturated heterocycles. The van der Waals surface area contributed by atoms with Crippen LogP contribution in [0.25, 0.3) is 0 Å². The van der Waals surface area contributed by atoms with Crippen LogP contribution in [0.1, 0.15) is 19.8 Å². The molecule has 1 rings (SSSR count). The molecule has 1 aliphatic heterocycles. The molecule has 0 aromatic carbocycles. The van der Waals surface area contributed by atoms with Crippen molar-refractivity contribution < 1.29 is 9.59 Å². The number of rotatable bonds is 4. The predicted molar refractivity (Wildman–Crippen MR) is 56.7 cm³/mol. The number of hydrogen-bond donors (Lipinski definition) is 2. The van der Waals surface area contributed by atoms with Crippen LogP contribution in [0.4, 0.5) is 0 Å². The number of hydrogen-bond acceptors (Lipinski definition) is 3. The maximum absolute atomic E-state index is 11.9. The first kappa shape index (κ1) is 12.0. The van der Waals surface area contributed by atoms with E-state index in [2.05, 4.69) is 0 Å². The van der Waals surface area contributed by atoms with E-state index in [0.29, 0.717) is 26.1 Å². The number of nitrogens with two attached hydrogens (primary N) is 2. The van der Waals surface area contributed by atoms with Crippen LogP contribution in [-0.2, 0) is 9.59 Å². The summed E-state index contributed by atoms with van der Waals surface area (Å²) in [7, 11) is 0. The van der Waals surface area contributed by atoms with Crippen molar-refractivity contribution in [2.45, 2.75) is 19.8 Å². The van der Waals surface area contributed by atoms with Crippen molar-refractivity contribution in [3.05, 3.63) is 0 Å². The Balaban J connectivity index is 2.53. The highest BCUT2D eigenvalue weighted by Gasteiger charge is 2.31. The second kappa shape index (κ2) is 5.11. The summed E-state index contributed by atoms with van der Waals surface area (Å²) in [5, 5.41) is 0. The Morgan fingerprint density at radius 1 is 1.53 bits per heavy atom. The molecular formula is C10H19N3O2. The lowest BCUT2D eigenvalue weighted by atomic mass is 10.1. The molecule has 1 fully saturated rings. The summed E-state index contributed by atoms with van der Waals surface area (Å²) in [5.74, 6) is -0.546. The van der Waals surface area contributed by atoms with Crippen LogP contribution in [0.2, 0.25) is 0 Å². The van der Waals surface area contributed by atoms with Crippen LogP contribution in [0.15, 0.2) is 0 Å². The van der Waals surface area contributed by atoms with E-state index in [0.717, 1.165) is 6.42 Å². The summed E-state index contributed by atoms with van der Waals surface area (Å²) in [5.41, 5.74) is 10.7. The largest absolute Gasteiger partial charge is 0.369 e. The Hall–Kier alpha value is -1.10. The van der Waals surface area contributed by atoms with Crippen molar-refractivity contribution in [2.75, 3.05) is 19.6 Å². The number of primary amides is 1. The van der Waals surface area contributed by atoms with Crippen molar-refractivity contribution in [2.24, 2.45) is 23.3 Å². The summed E-state index contributed by atoms with van der Waals surface area (Å²) >= 11 is 0. The van der Waals surface area contributed by atoms with Gasteiger partial charge in [0, 0.05) is 19.6 Å². The molecule has 0 radical (unpaired) electrons. The summed E-state index contributed by atoms with van der Waals surface area (Å²) in [6, 6.07) is 0. The van der Waals surface area contributed by atoms with Crippen LogP contribution in [-0.4, -0.2) is 36.3 Å². The maximum atomic E-state index is 11.9. The zero-order chi connectivity index (χ0) is 11.4. The molecule has 1 heterocycles. The molecule has 5 nitrogen and oxygen atoms in total. The molecule has 0 aliphatic carbocycles. The molecular weight excluding hydrogens is 194 g/mol. The van der Waals surface area contributed by atoms with Crippen molar-refractivity contribution in [1.29, 1.82) is 0 Å². The molecule has 2 atom stereocenters. The van der Waals surface area contributed by atoms with Crippen LogP contribution < -0.4 is 11.5 Å². The molecule has 0 spiro atoms. The Morgan fingerprint density at radius 2 is 2.20 bits per heavy atom. The van der Waals surface area contributed by atoms with Crippen LogP contribution >= 0.6 is 0 Å². The topological polar surface area (TPSA) is 89.4 Å². The van der Waals surface area contributed by atoms with Gasteiger partial charge >= 0.3 is 0 Å². The molecule has 0 bridgehead atoms. The molecule has 5 heteroatoms. The van der Waals surface area contributed by atoms with Crippen molar-refractivity contribution >= 4 is 11.8 Å². The number of carbonyl (C=O) groups is 2. The second-order valence-corrected chi connectivity index (χ2v) is 4.01. The predicted octanol–water partition coefficient (Wildman–Crippen LogP) is -0.695. The highest BCUT2D eigenvalue weighted by Crippen LogP contribution is 2.18. The van der Waals surface area contributed by atoms with Gasteiger partial charge in [0.1, 0.15) is 0 Å². The molecule has 0 saturated carbocycles. The van der Waals surface area contributed by atoms with Crippen molar-refractivity contribution in [3.8, 4) is 0 Å². The lowest BCUT2D eigenvalue weighted by molar-refractivity contribution is -0.134. The van der Waals surface area contributed by atoms with Crippen molar-refractivity contribution in [1.82, 2.24) is 4.90 Å². The van der Waals surface area contributed by atoms with Gasteiger partial charge in [0.05, 0.1) is 11.8 Å². The fourth-order valence-electron chi connectivity index (χ4n) is 1.89. The molecule has 86 valence electrons. The first-order valence-corrected chi connectivity index (χ1v) is 5.38. The number of likely N-dealkylation sites (tertiary alicyclic amines) is 1. The second-order valence-electron chi connectivity index (χ2n) is 4.01. The van der Waals surface area contributed by atoms with E-state index in [1.807, 2.05) is 6.92 Å². The standard InChI is InChI=1S/C10H19N3O2/c1-2-7(5-11)10(15)13-4-3-8(6-13)9(12)14/h7-8H,2-6,11H2,1H3,(H2,12,14). The van der Waals surface area contributed by atoms with Crippen LogP contribution in [0.5, 0.6) is 0 Å². The quantitative estimate of drug-likeness (QED) is 0.647. The van der Waals surface area contributed by atoms with Crippen LogP contribution in [0.3, 0.4) is 0 Å². The zero-order valence-electron chi connectivity index (χ0n) is 9.11. The average molecular weight is 213 g/mol. The smallest absolute Gasteiger partial charge is 0.226 e. The zero-order valence-corrected chi connectivity index (χ0v) is 9.11. The van der Waals surface area contributed by atoms with E-state index in [1.54, 1.807) is 4.90 Å². The Morgan fingerprint density at radius 3 is 2.60 bits per heavy atom. The minimum atomic E-state index is -0.314. The lowest BCUT2D eigenvalue weighted by Crippen LogP contribution is -2.38. The monoisotopic (exact) mass is 213 g/mol. The Labute approximate surface area is 89.8 Å². The van der Waals surface area contributed by atoms with Gasteiger partial charge in [-0.25, -0.2) is 0 Å². The molecule has 0 aromatic heterocycles. The van der Waals surface area contributed by atoms with Gasteiger partial charge in [0.25, 0.3) is 0 Å². The average Bonchev–Trinajstić information content (AvgIpc) is 2.68. The summed E-state index contributed by atoms with van der Waals surface area (Å²) in [6.45, 7) is 3.40. The van der Waals surface area contributed by atoms with E-state index >= 15 is 0 Å². The summed E-state index contributed by atoms with van der Waals surface area (Å²) in [6.07, 6.45) is 1.43. The first-order chi connectivity index (χ1) is 7.10. The summed E-state index contributed by atoms with van der Waals surface area (Å²) < 4.78 is 0. The van der Waals surface area contributed by atoms with E-state index in [4.69, 9.17) is 11.5 Å². The van der Waals surface area contributed by atoms with E-state index in [9.17, 15) is 9.59 Å². The highest BCUT2D eigenvalue weighted by molar-refractivity contribution is 5.82. The normalized spacial score (nSPS) is 22.8. The summed E-state index contributed by atoms with van der Waals surface area (Å²) in [4.78, 5) is 24.5.